The van der Waals surface area contributed by atoms with Crippen molar-refractivity contribution < 1.29 is 18.7 Å². The molecule has 0 fully saturated rings. The fourth-order valence-corrected chi connectivity index (χ4v) is 2.98. The molecule has 1 aliphatic rings. The number of hydrogen-bond donors (Lipinski definition) is 1. The number of nitrogens with zero attached hydrogens (tertiary/aromatic N) is 2. The minimum absolute atomic E-state index is 0.226. The van der Waals surface area contributed by atoms with Crippen LogP contribution in [0.1, 0.15) is 27.8 Å². The molecular formula is C20H18FN3O3. The van der Waals surface area contributed by atoms with Crippen molar-refractivity contribution in [2.45, 2.75) is 19.3 Å². The SMILES string of the molecule is COc1ccc(NC(=O)c2cc3n(n2)C[C@H](c2ccc(F)cc2)OC3)cc1. The molecule has 7 heteroatoms. The van der Waals surface area contributed by atoms with Crippen LogP contribution in [-0.4, -0.2) is 22.8 Å². The first-order valence-electron chi connectivity index (χ1n) is 8.51. The lowest BCUT2D eigenvalue weighted by molar-refractivity contribution is -0.00122. The molecule has 0 bridgehead atoms. The number of benzene rings is 2. The summed E-state index contributed by atoms with van der Waals surface area (Å²) in [7, 11) is 1.59. The number of carbonyl (C=O) groups excluding carboxylic acids is 1. The molecule has 0 saturated carbocycles. The maximum absolute atomic E-state index is 13.1. The van der Waals surface area contributed by atoms with Crippen LogP contribution in [0.4, 0.5) is 10.1 Å². The molecule has 1 amide bonds. The van der Waals surface area contributed by atoms with Gasteiger partial charge in [0, 0.05) is 5.69 Å². The number of rotatable bonds is 4. The second-order valence-corrected chi connectivity index (χ2v) is 6.24. The summed E-state index contributed by atoms with van der Waals surface area (Å²) in [6.45, 7) is 0.807. The topological polar surface area (TPSA) is 65.4 Å². The predicted octanol–water partition coefficient (Wildman–Crippen LogP) is 3.55. The number of ether oxygens (including phenoxy) is 2. The normalized spacial score (nSPS) is 15.9. The van der Waals surface area contributed by atoms with E-state index < -0.39 is 0 Å². The fraction of sp³-hybridized carbons (Fsp3) is 0.200. The molecular weight excluding hydrogens is 349 g/mol. The Hall–Kier alpha value is -3.19. The lowest BCUT2D eigenvalue weighted by atomic mass is 10.1. The van der Waals surface area contributed by atoms with Crippen molar-refractivity contribution in [3.8, 4) is 5.75 Å². The quantitative estimate of drug-likeness (QED) is 0.766. The van der Waals surface area contributed by atoms with E-state index in [1.807, 2.05) is 0 Å². The highest BCUT2D eigenvalue weighted by Gasteiger charge is 2.24. The van der Waals surface area contributed by atoms with Gasteiger partial charge in [-0.15, -0.1) is 0 Å². The Morgan fingerprint density at radius 1 is 1.22 bits per heavy atom. The number of methoxy groups -OCH3 is 1. The number of fused-ring (bicyclic) bond motifs is 1. The average molecular weight is 367 g/mol. The zero-order chi connectivity index (χ0) is 18.8. The molecule has 2 aromatic carbocycles. The smallest absolute Gasteiger partial charge is 0.276 e. The van der Waals surface area contributed by atoms with Gasteiger partial charge in [-0.25, -0.2) is 4.39 Å². The summed E-state index contributed by atoms with van der Waals surface area (Å²) >= 11 is 0. The van der Waals surface area contributed by atoms with Crippen LogP contribution in [0, 0.1) is 5.82 Å². The van der Waals surface area contributed by atoms with Crippen molar-refractivity contribution in [3.63, 3.8) is 0 Å². The van der Waals surface area contributed by atoms with E-state index in [9.17, 15) is 9.18 Å². The van der Waals surface area contributed by atoms with Crippen molar-refractivity contribution in [2.75, 3.05) is 12.4 Å². The Balaban J connectivity index is 1.47. The monoisotopic (exact) mass is 367 g/mol. The second-order valence-electron chi connectivity index (χ2n) is 6.24. The molecule has 1 atom stereocenters. The Labute approximate surface area is 155 Å². The summed E-state index contributed by atoms with van der Waals surface area (Å²) in [4.78, 5) is 12.5. The maximum Gasteiger partial charge on any atom is 0.276 e. The number of anilines is 1. The average Bonchev–Trinajstić information content (AvgIpc) is 3.13. The second kappa shape index (κ2) is 7.20. The molecule has 1 aliphatic heterocycles. The van der Waals surface area contributed by atoms with E-state index in [0.29, 0.717) is 24.5 Å². The van der Waals surface area contributed by atoms with Crippen molar-refractivity contribution in [1.82, 2.24) is 9.78 Å². The third-order valence-corrected chi connectivity index (χ3v) is 4.46. The number of nitrogens with one attached hydrogen (secondary N) is 1. The van der Waals surface area contributed by atoms with Gasteiger partial charge in [-0.1, -0.05) is 12.1 Å². The lowest BCUT2D eigenvalue weighted by Gasteiger charge is -2.24. The first kappa shape index (κ1) is 17.2. The van der Waals surface area contributed by atoms with Crippen molar-refractivity contribution >= 4 is 11.6 Å². The summed E-state index contributed by atoms with van der Waals surface area (Å²) in [6.07, 6.45) is -0.226. The largest absolute Gasteiger partial charge is 0.497 e. The fourth-order valence-electron chi connectivity index (χ4n) is 2.98. The Morgan fingerprint density at radius 2 is 1.96 bits per heavy atom. The van der Waals surface area contributed by atoms with E-state index in [4.69, 9.17) is 9.47 Å². The van der Waals surface area contributed by atoms with Crippen LogP contribution >= 0.6 is 0 Å². The van der Waals surface area contributed by atoms with Gasteiger partial charge in [0.15, 0.2) is 5.69 Å². The van der Waals surface area contributed by atoms with Gasteiger partial charge >= 0.3 is 0 Å². The van der Waals surface area contributed by atoms with Gasteiger partial charge in [0.1, 0.15) is 17.7 Å². The van der Waals surface area contributed by atoms with Crippen molar-refractivity contribution in [3.05, 3.63) is 77.4 Å². The van der Waals surface area contributed by atoms with Crippen LogP contribution in [0.25, 0.3) is 0 Å². The van der Waals surface area contributed by atoms with E-state index in [-0.39, 0.29) is 17.8 Å². The first-order valence-corrected chi connectivity index (χ1v) is 8.51. The summed E-state index contributed by atoms with van der Waals surface area (Å²) in [5.41, 5.74) is 2.69. The van der Waals surface area contributed by atoms with E-state index in [2.05, 4.69) is 10.4 Å². The number of amides is 1. The lowest BCUT2D eigenvalue weighted by Crippen LogP contribution is -2.22. The molecule has 3 aromatic rings. The first-order chi connectivity index (χ1) is 13.1. The van der Waals surface area contributed by atoms with Gasteiger partial charge in [0.2, 0.25) is 0 Å². The minimum Gasteiger partial charge on any atom is -0.497 e. The molecule has 2 heterocycles. The van der Waals surface area contributed by atoms with Gasteiger partial charge in [-0.3, -0.25) is 9.48 Å². The van der Waals surface area contributed by atoms with Gasteiger partial charge < -0.3 is 14.8 Å². The number of aromatic nitrogens is 2. The molecule has 0 radical (unpaired) electrons. The van der Waals surface area contributed by atoms with E-state index in [1.54, 1.807) is 54.3 Å². The van der Waals surface area contributed by atoms with Crippen LogP contribution in [0.3, 0.4) is 0 Å². The summed E-state index contributed by atoms with van der Waals surface area (Å²) in [6, 6.07) is 15.0. The number of halogens is 1. The molecule has 138 valence electrons. The molecule has 0 saturated heterocycles. The third kappa shape index (κ3) is 3.68. The van der Waals surface area contributed by atoms with Crippen LogP contribution in [0.5, 0.6) is 5.75 Å². The number of carbonyl (C=O) groups is 1. The van der Waals surface area contributed by atoms with E-state index in [0.717, 1.165) is 17.0 Å². The summed E-state index contributed by atoms with van der Waals surface area (Å²) < 4.78 is 25.8. The molecule has 0 spiro atoms. The molecule has 1 N–H and O–H groups in total. The highest BCUT2D eigenvalue weighted by Crippen LogP contribution is 2.27. The molecule has 27 heavy (non-hydrogen) atoms. The van der Waals surface area contributed by atoms with Gasteiger partial charge in [-0.2, -0.15) is 5.10 Å². The standard InChI is InChI=1S/C20H18FN3O3/c1-26-17-8-6-15(7-9-17)22-20(25)18-10-16-12-27-19(11-24(16)23-18)13-2-4-14(21)5-3-13/h2-10,19H,11-12H2,1H3,(H,22,25)/t19-/m1/s1. The highest BCUT2D eigenvalue weighted by atomic mass is 19.1. The van der Waals surface area contributed by atoms with Gasteiger partial charge in [-0.05, 0) is 48.0 Å². The Bertz CT molecular complexity index is 952. The highest BCUT2D eigenvalue weighted by molar-refractivity contribution is 6.02. The molecule has 1 aromatic heterocycles. The van der Waals surface area contributed by atoms with E-state index >= 15 is 0 Å². The van der Waals surface area contributed by atoms with Crippen molar-refractivity contribution in [1.29, 1.82) is 0 Å². The zero-order valence-electron chi connectivity index (χ0n) is 14.7. The maximum atomic E-state index is 13.1. The Morgan fingerprint density at radius 3 is 2.67 bits per heavy atom. The summed E-state index contributed by atoms with van der Waals surface area (Å²) in [5, 5.41) is 7.21. The van der Waals surface area contributed by atoms with Crippen LogP contribution in [-0.2, 0) is 17.9 Å². The van der Waals surface area contributed by atoms with Crippen LogP contribution in [0.2, 0.25) is 0 Å². The van der Waals surface area contributed by atoms with Crippen LogP contribution < -0.4 is 10.1 Å². The van der Waals surface area contributed by atoms with Crippen molar-refractivity contribution in [2.24, 2.45) is 0 Å². The molecule has 0 aliphatic carbocycles. The number of hydrogen-bond acceptors (Lipinski definition) is 4. The van der Waals surface area contributed by atoms with Crippen LogP contribution in [0.15, 0.2) is 54.6 Å². The molecule has 4 rings (SSSR count). The van der Waals surface area contributed by atoms with E-state index in [1.165, 1.54) is 12.1 Å². The molecule has 0 unspecified atom stereocenters. The Kier molecular flexibility index (Phi) is 4.60. The van der Waals surface area contributed by atoms with Gasteiger partial charge in [0.05, 0.1) is 26.0 Å². The predicted molar refractivity (Wildman–Crippen MR) is 97.1 cm³/mol. The minimum atomic E-state index is -0.291. The van der Waals surface area contributed by atoms with Gasteiger partial charge in [0.25, 0.3) is 5.91 Å². The zero-order valence-corrected chi connectivity index (χ0v) is 14.7. The summed E-state index contributed by atoms with van der Waals surface area (Å²) in [5.74, 6) is 0.140. The third-order valence-electron chi connectivity index (χ3n) is 4.46. The molecule has 6 nitrogen and oxygen atoms in total.